The van der Waals surface area contributed by atoms with Crippen molar-refractivity contribution in [2.75, 3.05) is 19.6 Å². The molecule has 0 spiro atoms. The number of nitrogens with zero attached hydrogens (tertiary/aromatic N) is 1. The molecule has 1 fully saturated rings. The Bertz CT molecular complexity index is 137. The fourth-order valence-electron chi connectivity index (χ4n) is 2.33. The highest BCUT2D eigenvalue weighted by Gasteiger charge is 2.23. The number of hydrogen-bond acceptors (Lipinski definition) is 2. The van der Waals surface area contributed by atoms with E-state index in [1.165, 1.54) is 32.2 Å². The van der Waals surface area contributed by atoms with Crippen LogP contribution in [0.15, 0.2) is 0 Å². The van der Waals surface area contributed by atoms with E-state index in [0.29, 0.717) is 0 Å². The van der Waals surface area contributed by atoms with Gasteiger partial charge in [0.1, 0.15) is 0 Å². The molecule has 0 amide bonds. The van der Waals surface area contributed by atoms with Crippen molar-refractivity contribution in [3.05, 3.63) is 0 Å². The first-order chi connectivity index (χ1) is 6.75. The molecular weight excluding hydrogens is 172 g/mol. The summed E-state index contributed by atoms with van der Waals surface area (Å²) in [7, 11) is 0. The van der Waals surface area contributed by atoms with Crippen LogP contribution in [0.1, 0.15) is 46.5 Å². The van der Waals surface area contributed by atoms with Gasteiger partial charge in [-0.3, -0.25) is 4.90 Å². The molecule has 2 atom stereocenters. The maximum Gasteiger partial charge on any atom is 0.0195 e. The van der Waals surface area contributed by atoms with Crippen LogP contribution in [0, 0.1) is 0 Å². The lowest BCUT2D eigenvalue weighted by Crippen LogP contribution is -2.55. The van der Waals surface area contributed by atoms with E-state index < -0.39 is 0 Å². The summed E-state index contributed by atoms with van der Waals surface area (Å²) in [6.07, 6.45) is 5.52. The molecule has 1 heterocycles. The average molecular weight is 198 g/mol. The fourth-order valence-corrected chi connectivity index (χ4v) is 2.33. The Kier molecular flexibility index (Phi) is 5.49. The Labute approximate surface area is 89.1 Å². The molecule has 1 rings (SSSR count). The van der Waals surface area contributed by atoms with Gasteiger partial charge in [0.25, 0.3) is 0 Å². The number of piperazine rings is 1. The summed E-state index contributed by atoms with van der Waals surface area (Å²) in [5, 5.41) is 3.47. The zero-order valence-corrected chi connectivity index (χ0v) is 10.1. The second-order valence-corrected chi connectivity index (χ2v) is 4.65. The molecule has 0 aliphatic carbocycles. The average Bonchev–Trinajstić information content (AvgIpc) is 2.16. The molecule has 2 nitrogen and oxygen atoms in total. The number of rotatable bonds is 5. The van der Waals surface area contributed by atoms with Crippen LogP contribution in [0.25, 0.3) is 0 Å². The van der Waals surface area contributed by atoms with E-state index in [4.69, 9.17) is 0 Å². The second-order valence-electron chi connectivity index (χ2n) is 4.65. The lowest BCUT2D eigenvalue weighted by molar-refractivity contribution is 0.114. The van der Waals surface area contributed by atoms with Gasteiger partial charge in [-0.1, -0.05) is 26.2 Å². The molecule has 2 heteroatoms. The minimum absolute atomic E-state index is 0.723. The number of unbranched alkanes of at least 4 members (excludes halogenated alkanes) is 3. The zero-order valence-electron chi connectivity index (χ0n) is 10.1. The Morgan fingerprint density at radius 1 is 1.07 bits per heavy atom. The highest BCUT2D eigenvalue weighted by molar-refractivity contribution is 4.82. The van der Waals surface area contributed by atoms with E-state index in [9.17, 15) is 0 Å². The van der Waals surface area contributed by atoms with Gasteiger partial charge in [0.15, 0.2) is 0 Å². The molecule has 0 aromatic heterocycles. The highest BCUT2D eigenvalue weighted by atomic mass is 15.2. The van der Waals surface area contributed by atoms with Crippen molar-refractivity contribution in [1.82, 2.24) is 10.2 Å². The van der Waals surface area contributed by atoms with Crippen molar-refractivity contribution in [2.24, 2.45) is 0 Å². The summed E-state index contributed by atoms with van der Waals surface area (Å²) >= 11 is 0. The van der Waals surface area contributed by atoms with E-state index in [2.05, 4.69) is 31.0 Å². The van der Waals surface area contributed by atoms with Crippen LogP contribution in [0.3, 0.4) is 0 Å². The molecule has 14 heavy (non-hydrogen) atoms. The van der Waals surface area contributed by atoms with E-state index in [0.717, 1.165) is 25.2 Å². The molecule has 1 N–H and O–H groups in total. The number of nitrogens with one attached hydrogen (secondary N) is 1. The lowest BCUT2D eigenvalue weighted by atomic mass is 10.1. The van der Waals surface area contributed by atoms with Crippen LogP contribution < -0.4 is 5.32 Å². The molecule has 1 saturated heterocycles. The third kappa shape index (κ3) is 3.58. The van der Waals surface area contributed by atoms with Crippen LogP contribution in [-0.4, -0.2) is 36.6 Å². The molecule has 84 valence electrons. The second kappa shape index (κ2) is 6.41. The Balaban J connectivity index is 2.19. The Morgan fingerprint density at radius 3 is 2.29 bits per heavy atom. The monoisotopic (exact) mass is 198 g/mol. The van der Waals surface area contributed by atoms with Crippen LogP contribution in [0.5, 0.6) is 0 Å². The van der Waals surface area contributed by atoms with Crippen molar-refractivity contribution in [1.29, 1.82) is 0 Å². The Morgan fingerprint density at radius 2 is 1.71 bits per heavy atom. The summed E-state index contributed by atoms with van der Waals surface area (Å²) in [5.41, 5.74) is 0. The predicted octanol–water partition coefficient (Wildman–Crippen LogP) is 2.25. The van der Waals surface area contributed by atoms with Crippen LogP contribution >= 0.6 is 0 Å². The highest BCUT2D eigenvalue weighted by Crippen LogP contribution is 2.11. The standard InChI is InChI=1S/C12H26N2/c1-4-5-6-7-8-14-11(2)9-13-10-12(14)3/h11-13H,4-10H2,1-3H3. The topological polar surface area (TPSA) is 15.3 Å². The van der Waals surface area contributed by atoms with Crippen molar-refractivity contribution in [3.63, 3.8) is 0 Å². The van der Waals surface area contributed by atoms with Gasteiger partial charge in [0.2, 0.25) is 0 Å². The first-order valence-electron chi connectivity index (χ1n) is 6.22. The maximum atomic E-state index is 3.47. The summed E-state index contributed by atoms with van der Waals surface area (Å²) in [6, 6.07) is 1.45. The van der Waals surface area contributed by atoms with E-state index in [-0.39, 0.29) is 0 Å². The minimum atomic E-state index is 0.723. The van der Waals surface area contributed by atoms with Gasteiger partial charge in [-0.2, -0.15) is 0 Å². The van der Waals surface area contributed by atoms with Gasteiger partial charge in [-0.25, -0.2) is 0 Å². The molecule has 0 saturated carbocycles. The van der Waals surface area contributed by atoms with Gasteiger partial charge in [0.05, 0.1) is 0 Å². The fraction of sp³-hybridized carbons (Fsp3) is 1.00. The third-order valence-corrected chi connectivity index (χ3v) is 3.28. The van der Waals surface area contributed by atoms with E-state index in [1.807, 2.05) is 0 Å². The summed E-state index contributed by atoms with van der Waals surface area (Å²) in [6.45, 7) is 10.6. The van der Waals surface area contributed by atoms with Crippen molar-refractivity contribution in [2.45, 2.75) is 58.5 Å². The molecule has 0 bridgehead atoms. The van der Waals surface area contributed by atoms with Crippen LogP contribution in [0.2, 0.25) is 0 Å². The van der Waals surface area contributed by atoms with Gasteiger partial charge < -0.3 is 5.32 Å². The van der Waals surface area contributed by atoms with Gasteiger partial charge in [0, 0.05) is 25.2 Å². The number of hydrogen-bond donors (Lipinski definition) is 1. The molecule has 2 unspecified atom stereocenters. The molecule has 0 aromatic carbocycles. The van der Waals surface area contributed by atoms with Gasteiger partial charge >= 0.3 is 0 Å². The van der Waals surface area contributed by atoms with E-state index >= 15 is 0 Å². The van der Waals surface area contributed by atoms with Crippen LogP contribution in [0.4, 0.5) is 0 Å². The first-order valence-corrected chi connectivity index (χ1v) is 6.22. The normalized spacial score (nSPS) is 29.4. The molecule has 0 radical (unpaired) electrons. The van der Waals surface area contributed by atoms with Crippen molar-refractivity contribution in [3.8, 4) is 0 Å². The van der Waals surface area contributed by atoms with Crippen molar-refractivity contribution >= 4 is 0 Å². The zero-order chi connectivity index (χ0) is 10.4. The molecular formula is C12H26N2. The quantitative estimate of drug-likeness (QED) is 0.682. The van der Waals surface area contributed by atoms with Gasteiger partial charge in [-0.15, -0.1) is 0 Å². The Hall–Kier alpha value is -0.0800. The maximum absolute atomic E-state index is 3.47. The first kappa shape index (κ1) is 12.0. The molecule has 1 aliphatic rings. The minimum Gasteiger partial charge on any atom is -0.314 e. The van der Waals surface area contributed by atoms with Gasteiger partial charge in [-0.05, 0) is 26.8 Å². The van der Waals surface area contributed by atoms with Crippen molar-refractivity contribution < 1.29 is 0 Å². The molecule has 0 aromatic rings. The molecule has 1 aliphatic heterocycles. The SMILES string of the molecule is CCCCCCN1C(C)CNCC1C. The smallest absolute Gasteiger partial charge is 0.0195 e. The van der Waals surface area contributed by atoms with Crippen LogP contribution in [-0.2, 0) is 0 Å². The summed E-state index contributed by atoms with van der Waals surface area (Å²) < 4.78 is 0. The predicted molar refractivity (Wildman–Crippen MR) is 62.6 cm³/mol. The lowest BCUT2D eigenvalue weighted by Gasteiger charge is -2.39. The summed E-state index contributed by atoms with van der Waals surface area (Å²) in [5.74, 6) is 0. The largest absolute Gasteiger partial charge is 0.314 e. The third-order valence-electron chi connectivity index (χ3n) is 3.28. The summed E-state index contributed by atoms with van der Waals surface area (Å²) in [4.78, 5) is 2.66. The van der Waals surface area contributed by atoms with E-state index in [1.54, 1.807) is 0 Å².